The van der Waals surface area contributed by atoms with Crippen LogP contribution in [0.2, 0.25) is 18.1 Å². The Morgan fingerprint density at radius 2 is 1.65 bits per heavy atom. The second kappa shape index (κ2) is 14.3. The first-order valence-electron chi connectivity index (χ1n) is 17.0. The minimum Gasteiger partial charge on any atom is -0.456 e. The fourth-order valence-corrected chi connectivity index (χ4v) is 9.82. The number of nitrogens with zero attached hydrogens (tertiary/aromatic N) is 3. The van der Waals surface area contributed by atoms with E-state index >= 15 is 0 Å². The van der Waals surface area contributed by atoms with Crippen molar-refractivity contribution in [2.45, 2.75) is 102 Å². The Morgan fingerprint density at radius 3 is 2.24 bits per heavy atom. The Hall–Kier alpha value is -3.68. The van der Waals surface area contributed by atoms with Crippen LogP contribution in [0.1, 0.15) is 76.2 Å². The van der Waals surface area contributed by atoms with Crippen LogP contribution in [-0.2, 0) is 36.2 Å². The Kier molecular flexibility index (Phi) is 10.7. The van der Waals surface area contributed by atoms with Crippen molar-refractivity contribution < 1.29 is 32.7 Å². The highest BCUT2D eigenvalue weighted by molar-refractivity contribution is 7.89. The van der Waals surface area contributed by atoms with Crippen LogP contribution in [0.15, 0.2) is 64.0 Å². The lowest BCUT2D eigenvalue weighted by Gasteiger charge is -2.50. The molecule has 3 aliphatic rings. The molecule has 5 atom stereocenters. The number of fused-ring (bicyclic) bond motifs is 1. The number of rotatable bonds is 10. The van der Waals surface area contributed by atoms with Gasteiger partial charge in [-0.15, -0.1) is 0 Å². The number of likely N-dealkylation sites (tertiary alicyclic amines) is 1. The number of hydrogen-bond acceptors (Lipinski definition) is 8. The van der Waals surface area contributed by atoms with E-state index in [0.717, 1.165) is 25.7 Å². The van der Waals surface area contributed by atoms with E-state index in [4.69, 9.17) is 9.16 Å². The molecule has 2 saturated heterocycles. The van der Waals surface area contributed by atoms with Crippen molar-refractivity contribution in [2.75, 3.05) is 13.1 Å². The van der Waals surface area contributed by atoms with Crippen molar-refractivity contribution in [1.82, 2.24) is 9.80 Å². The van der Waals surface area contributed by atoms with Gasteiger partial charge in [-0.3, -0.25) is 19.7 Å². The Bertz CT molecular complexity index is 1680. The van der Waals surface area contributed by atoms with Crippen molar-refractivity contribution in [3.8, 4) is 0 Å². The minimum atomic E-state index is -2.26. The third kappa shape index (κ3) is 7.15. The quantitative estimate of drug-likeness (QED) is 0.0890. The average Bonchev–Trinajstić information content (AvgIpc) is 3.18. The zero-order valence-electron chi connectivity index (χ0n) is 29.4. The number of esters is 1. The van der Waals surface area contributed by atoms with E-state index in [1.807, 2.05) is 18.7 Å². The van der Waals surface area contributed by atoms with Crippen LogP contribution >= 0.6 is 0 Å². The smallest absolute Gasteiger partial charge is 0.356 e. The molecule has 264 valence electrons. The first-order valence-corrected chi connectivity index (χ1v) is 21.1. The topological polar surface area (TPSA) is 136 Å². The average molecular weight is 710 g/mol. The van der Waals surface area contributed by atoms with Crippen LogP contribution in [0.5, 0.6) is 0 Å². The monoisotopic (exact) mass is 709 g/mol. The summed E-state index contributed by atoms with van der Waals surface area (Å²) in [5.41, 5.74) is 0.660. The van der Waals surface area contributed by atoms with Gasteiger partial charge in [-0.25, -0.2) is 9.00 Å². The summed E-state index contributed by atoms with van der Waals surface area (Å²) in [6.45, 7) is 15.4. The highest BCUT2D eigenvalue weighted by Gasteiger charge is 2.62. The Labute approximate surface area is 291 Å². The molecule has 5 rings (SSSR count). The number of benzene rings is 2. The van der Waals surface area contributed by atoms with Gasteiger partial charge in [-0.05, 0) is 67.7 Å². The molecule has 0 saturated carbocycles. The molecule has 2 amide bonds. The number of amides is 2. The number of carbonyl (C=O) groups is 3. The number of carbonyl (C=O) groups excluding carboxylic acids is 3. The summed E-state index contributed by atoms with van der Waals surface area (Å²) >= 11 is 0. The van der Waals surface area contributed by atoms with E-state index in [1.165, 1.54) is 29.2 Å². The van der Waals surface area contributed by atoms with E-state index in [0.29, 0.717) is 24.2 Å². The van der Waals surface area contributed by atoms with Gasteiger partial charge in [0.15, 0.2) is 8.32 Å². The third-order valence-electron chi connectivity index (χ3n) is 10.5. The molecule has 0 radical (unpaired) electrons. The van der Waals surface area contributed by atoms with E-state index < -0.39 is 54.0 Å². The summed E-state index contributed by atoms with van der Waals surface area (Å²) in [7, 11) is -4.25. The molecule has 0 bridgehead atoms. The van der Waals surface area contributed by atoms with Gasteiger partial charge < -0.3 is 19.0 Å². The third-order valence-corrected chi connectivity index (χ3v) is 16.8. The number of ether oxygens (including phenoxy) is 1. The maximum absolute atomic E-state index is 14.7. The van der Waals surface area contributed by atoms with Crippen molar-refractivity contribution in [2.24, 2.45) is 11.8 Å². The zero-order valence-corrected chi connectivity index (χ0v) is 31.2. The van der Waals surface area contributed by atoms with Crippen LogP contribution in [-0.4, -0.2) is 70.3 Å². The van der Waals surface area contributed by atoms with Crippen molar-refractivity contribution in [1.29, 1.82) is 0 Å². The van der Waals surface area contributed by atoms with Crippen LogP contribution < -0.4 is 0 Å². The minimum absolute atomic E-state index is 0.0736. The number of β-lactam (4-membered cyclic amide) rings is 1. The Morgan fingerprint density at radius 1 is 1.04 bits per heavy atom. The number of nitro groups is 1. The molecule has 2 aromatic rings. The van der Waals surface area contributed by atoms with Crippen LogP contribution in [0.25, 0.3) is 0 Å². The van der Waals surface area contributed by atoms with Crippen LogP contribution in [0.3, 0.4) is 0 Å². The molecule has 0 aliphatic carbocycles. The van der Waals surface area contributed by atoms with Crippen molar-refractivity contribution >= 4 is 42.6 Å². The number of nitro benzene ring substituents is 1. The van der Waals surface area contributed by atoms with E-state index in [2.05, 4.69) is 33.9 Å². The van der Waals surface area contributed by atoms with Gasteiger partial charge in [0.25, 0.3) is 11.6 Å². The van der Waals surface area contributed by atoms with E-state index in [9.17, 15) is 28.7 Å². The van der Waals surface area contributed by atoms with Gasteiger partial charge >= 0.3 is 5.97 Å². The summed E-state index contributed by atoms with van der Waals surface area (Å²) in [5.74, 6) is -2.39. The molecule has 3 heterocycles. The molecule has 11 nitrogen and oxygen atoms in total. The van der Waals surface area contributed by atoms with Gasteiger partial charge in [0, 0.05) is 31.1 Å². The second-order valence-corrected chi connectivity index (χ2v) is 21.0. The summed E-state index contributed by atoms with van der Waals surface area (Å²) in [6.07, 6.45) is 3.46. The SMILES string of the molecule is C[C@@H](O[Si](C)(C)C(C)(C)C)[C@H]1C(=O)N2C(C(=O)OCc3ccc([N+](=O)[O-])cc3)=C(S(=O)c3ccccc3C(=O)N3CCCCCC3)[C@H](C)[C@H]12. The second-order valence-electron chi connectivity index (χ2n) is 14.8. The highest BCUT2D eigenvalue weighted by atomic mass is 32.2. The van der Waals surface area contributed by atoms with E-state index in [1.54, 1.807) is 24.3 Å². The largest absolute Gasteiger partial charge is 0.456 e. The summed E-state index contributed by atoms with van der Waals surface area (Å²) in [4.78, 5) is 56.1. The number of hydrogen-bond donors (Lipinski definition) is 0. The standard InChI is InChI=1S/C36H47N3O8SSi/c1-23-30-29(24(2)47-49(6,7)36(3,4)5)34(41)38(30)31(35(42)46-22-25-16-18-26(19-17-25)39(43)44)32(23)48(45)28-15-11-10-14-27(28)33(40)37-20-12-8-9-13-21-37/h10-11,14-19,23-24,29-30H,8-9,12-13,20-22H2,1-7H3/t23-,24-,29-,30-,48?/m1/s1. The fraction of sp³-hybridized carbons (Fsp3) is 0.528. The predicted octanol–water partition coefficient (Wildman–Crippen LogP) is 6.56. The molecule has 0 aromatic heterocycles. The predicted molar refractivity (Wildman–Crippen MR) is 188 cm³/mol. The number of non-ortho nitro benzene ring substituents is 1. The first kappa shape index (κ1) is 36.6. The molecule has 2 aromatic carbocycles. The molecule has 3 aliphatic heterocycles. The molecule has 0 N–H and O–H groups in total. The van der Waals surface area contributed by atoms with E-state index in [-0.39, 0.29) is 44.6 Å². The lowest BCUT2D eigenvalue weighted by Crippen LogP contribution is -2.65. The fourth-order valence-electron chi connectivity index (χ4n) is 6.76. The molecule has 1 unspecified atom stereocenters. The molecule has 49 heavy (non-hydrogen) atoms. The maximum Gasteiger partial charge on any atom is 0.356 e. The van der Waals surface area contributed by atoms with Crippen molar-refractivity contribution in [3.05, 3.63) is 80.4 Å². The molecule has 2 fully saturated rings. The van der Waals surface area contributed by atoms with Gasteiger partial charge in [-0.1, -0.05) is 52.7 Å². The van der Waals surface area contributed by atoms with Gasteiger partial charge in [-0.2, -0.15) is 0 Å². The van der Waals surface area contributed by atoms with Gasteiger partial charge in [0.2, 0.25) is 5.91 Å². The maximum atomic E-state index is 14.7. The summed E-state index contributed by atoms with van der Waals surface area (Å²) in [5, 5.41) is 11.0. The zero-order chi connectivity index (χ0) is 35.8. The molecule has 13 heteroatoms. The molecular formula is C36H47N3O8SSi. The van der Waals surface area contributed by atoms with Crippen LogP contribution in [0, 0.1) is 22.0 Å². The van der Waals surface area contributed by atoms with Gasteiger partial charge in [0.05, 0.1) is 49.2 Å². The Balaban J connectivity index is 1.50. The summed E-state index contributed by atoms with van der Waals surface area (Å²) in [6, 6.07) is 11.9. The molecular weight excluding hydrogens is 663 g/mol. The normalized spacial score (nSPS) is 22.6. The van der Waals surface area contributed by atoms with Crippen LogP contribution in [0.4, 0.5) is 5.69 Å². The molecule has 0 spiro atoms. The lowest BCUT2D eigenvalue weighted by atomic mass is 9.79. The van der Waals surface area contributed by atoms with Crippen molar-refractivity contribution in [3.63, 3.8) is 0 Å². The first-order chi connectivity index (χ1) is 23.0. The highest BCUT2D eigenvalue weighted by Crippen LogP contribution is 2.51. The van der Waals surface area contributed by atoms with Gasteiger partial charge in [0.1, 0.15) is 12.3 Å². The lowest BCUT2D eigenvalue weighted by molar-refractivity contribution is -0.384. The summed E-state index contributed by atoms with van der Waals surface area (Å²) < 4.78 is 27.1.